The number of carbonyl (C=O) groups is 1. The molecule has 1 amide bonds. The van der Waals surface area contributed by atoms with E-state index < -0.39 is 0 Å². The molecule has 0 radical (unpaired) electrons. The van der Waals surface area contributed by atoms with Crippen LogP contribution in [0.4, 0.5) is 0 Å². The van der Waals surface area contributed by atoms with Gasteiger partial charge < -0.3 is 10.3 Å². The van der Waals surface area contributed by atoms with Crippen molar-refractivity contribution in [3.05, 3.63) is 45.9 Å². The summed E-state index contributed by atoms with van der Waals surface area (Å²) in [6, 6.07) is 2.93. The monoisotopic (exact) mass is 317 g/mol. The molecule has 0 bridgehead atoms. The number of pyridine rings is 1. The second-order valence-electron chi connectivity index (χ2n) is 6.33. The third-order valence-corrected chi connectivity index (χ3v) is 4.33. The molecule has 1 fully saturated rings. The normalized spacial score (nSPS) is 17.2. The van der Waals surface area contributed by atoms with Crippen molar-refractivity contribution in [1.82, 2.24) is 15.2 Å². The smallest absolute Gasteiger partial charge is 0.252 e. The summed E-state index contributed by atoms with van der Waals surface area (Å²) in [5.41, 5.74) is 1.75. The van der Waals surface area contributed by atoms with Crippen LogP contribution in [0.15, 0.2) is 34.8 Å². The minimum absolute atomic E-state index is 0.120. The lowest BCUT2D eigenvalue weighted by Gasteiger charge is -2.32. The molecule has 1 aromatic rings. The van der Waals surface area contributed by atoms with Crippen LogP contribution in [0.2, 0.25) is 0 Å². The number of nitrogens with one attached hydrogen (secondary N) is 2. The summed E-state index contributed by atoms with van der Waals surface area (Å²) >= 11 is 0. The van der Waals surface area contributed by atoms with Crippen LogP contribution in [0.1, 0.15) is 43.5 Å². The molecule has 0 saturated carbocycles. The van der Waals surface area contributed by atoms with Crippen molar-refractivity contribution in [2.45, 2.75) is 33.1 Å². The summed E-state index contributed by atoms with van der Waals surface area (Å²) in [6.45, 7) is 8.31. The third kappa shape index (κ3) is 5.67. The first-order valence-corrected chi connectivity index (χ1v) is 8.43. The van der Waals surface area contributed by atoms with Gasteiger partial charge in [0.2, 0.25) is 5.56 Å². The number of aromatic amines is 1. The maximum atomic E-state index is 12.0. The average molecular weight is 317 g/mol. The second-order valence-corrected chi connectivity index (χ2v) is 6.33. The van der Waals surface area contributed by atoms with E-state index in [4.69, 9.17) is 0 Å². The number of aromatic nitrogens is 1. The van der Waals surface area contributed by atoms with Crippen LogP contribution in [0, 0.1) is 5.92 Å². The first kappa shape index (κ1) is 17.5. The van der Waals surface area contributed by atoms with Crippen molar-refractivity contribution in [3.63, 3.8) is 0 Å². The summed E-state index contributed by atoms with van der Waals surface area (Å²) in [6.07, 6.45) is 7.08. The topological polar surface area (TPSA) is 65.2 Å². The van der Waals surface area contributed by atoms with Crippen molar-refractivity contribution >= 4 is 5.91 Å². The van der Waals surface area contributed by atoms with Gasteiger partial charge in [-0.1, -0.05) is 18.6 Å². The van der Waals surface area contributed by atoms with E-state index in [1.54, 1.807) is 6.07 Å². The van der Waals surface area contributed by atoms with Gasteiger partial charge in [-0.3, -0.25) is 14.5 Å². The Hall–Kier alpha value is -1.88. The molecule has 1 aliphatic rings. The lowest BCUT2D eigenvalue weighted by Crippen LogP contribution is -2.39. The largest absolute Gasteiger partial charge is 0.352 e. The summed E-state index contributed by atoms with van der Waals surface area (Å²) < 4.78 is 0. The molecule has 0 unspecified atom stereocenters. The SMILES string of the molecule is CC/C=C(\C)CN1CCC(CNC(=O)c2ccc(=O)[nH]c2)CC1. The number of rotatable bonds is 6. The second kappa shape index (κ2) is 8.67. The molecule has 5 heteroatoms. The number of hydrogen-bond donors (Lipinski definition) is 2. The quantitative estimate of drug-likeness (QED) is 0.790. The summed E-state index contributed by atoms with van der Waals surface area (Å²) in [7, 11) is 0. The highest BCUT2D eigenvalue weighted by molar-refractivity contribution is 5.93. The number of nitrogens with zero attached hydrogens (tertiary/aromatic N) is 1. The van der Waals surface area contributed by atoms with Crippen LogP contribution < -0.4 is 10.9 Å². The number of H-pyrrole nitrogens is 1. The van der Waals surface area contributed by atoms with Gasteiger partial charge in [0.05, 0.1) is 5.56 Å². The zero-order valence-electron chi connectivity index (χ0n) is 14.1. The van der Waals surface area contributed by atoms with Crippen molar-refractivity contribution in [3.8, 4) is 0 Å². The molecule has 2 N–H and O–H groups in total. The van der Waals surface area contributed by atoms with Gasteiger partial charge in [0, 0.05) is 25.4 Å². The van der Waals surface area contributed by atoms with Crippen LogP contribution in [0.3, 0.4) is 0 Å². The first-order valence-electron chi connectivity index (χ1n) is 8.43. The van der Waals surface area contributed by atoms with E-state index in [0.717, 1.165) is 38.9 Å². The Kier molecular flexibility index (Phi) is 6.59. The van der Waals surface area contributed by atoms with E-state index in [0.29, 0.717) is 18.0 Å². The van der Waals surface area contributed by atoms with Crippen molar-refractivity contribution in [2.75, 3.05) is 26.2 Å². The fourth-order valence-corrected chi connectivity index (χ4v) is 3.01. The maximum Gasteiger partial charge on any atom is 0.252 e. The molecular weight excluding hydrogens is 290 g/mol. The summed E-state index contributed by atoms with van der Waals surface area (Å²) in [4.78, 5) is 28.0. The Labute approximate surface area is 137 Å². The van der Waals surface area contributed by atoms with Gasteiger partial charge in [-0.25, -0.2) is 0 Å². The number of amides is 1. The summed E-state index contributed by atoms with van der Waals surface area (Å²) in [5, 5.41) is 2.97. The van der Waals surface area contributed by atoms with Gasteiger partial charge in [0.25, 0.3) is 5.91 Å². The number of hydrogen-bond acceptors (Lipinski definition) is 3. The maximum absolute atomic E-state index is 12.0. The minimum atomic E-state index is -0.193. The molecule has 0 aliphatic carbocycles. The fraction of sp³-hybridized carbons (Fsp3) is 0.556. The van der Waals surface area contributed by atoms with E-state index >= 15 is 0 Å². The highest BCUT2D eigenvalue weighted by Crippen LogP contribution is 2.17. The Balaban J connectivity index is 1.72. The van der Waals surface area contributed by atoms with Crippen molar-refractivity contribution in [1.29, 1.82) is 0 Å². The zero-order chi connectivity index (χ0) is 16.7. The lowest BCUT2D eigenvalue weighted by atomic mass is 9.96. The Morgan fingerprint density at radius 1 is 1.39 bits per heavy atom. The van der Waals surface area contributed by atoms with Crippen molar-refractivity contribution in [2.24, 2.45) is 5.92 Å². The molecule has 2 rings (SSSR count). The van der Waals surface area contributed by atoms with Gasteiger partial charge >= 0.3 is 0 Å². The van der Waals surface area contributed by atoms with E-state index in [1.165, 1.54) is 17.8 Å². The highest BCUT2D eigenvalue weighted by atomic mass is 16.1. The highest BCUT2D eigenvalue weighted by Gasteiger charge is 2.19. The Bertz CT molecular complexity index is 578. The van der Waals surface area contributed by atoms with Gasteiger partial charge in [-0.15, -0.1) is 0 Å². The van der Waals surface area contributed by atoms with Crippen LogP contribution >= 0.6 is 0 Å². The van der Waals surface area contributed by atoms with Gasteiger partial charge in [-0.05, 0) is 51.3 Å². The fourth-order valence-electron chi connectivity index (χ4n) is 3.01. The van der Waals surface area contributed by atoms with E-state index in [2.05, 4.69) is 35.1 Å². The molecule has 1 aliphatic heterocycles. The Morgan fingerprint density at radius 3 is 2.74 bits per heavy atom. The zero-order valence-corrected chi connectivity index (χ0v) is 14.1. The molecule has 0 spiro atoms. The third-order valence-electron chi connectivity index (χ3n) is 4.33. The van der Waals surface area contributed by atoms with Crippen LogP contribution in [-0.2, 0) is 0 Å². The molecule has 1 saturated heterocycles. The molecular formula is C18H27N3O2. The lowest BCUT2D eigenvalue weighted by molar-refractivity contribution is 0.0937. The van der Waals surface area contributed by atoms with Gasteiger partial charge in [0.15, 0.2) is 0 Å². The van der Waals surface area contributed by atoms with Crippen LogP contribution in [-0.4, -0.2) is 42.0 Å². The number of carbonyl (C=O) groups excluding carboxylic acids is 1. The number of piperidine rings is 1. The number of allylic oxidation sites excluding steroid dienone is 1. The molecule has 126 valence electrons. The molecule has 0 atom stereocenters. The Morgan fingerprint density at radius 2 is 2.13 bits per heavy atom. The van der Waals surface area contributed by atoms with Gasteiger partial charge in [0.1, 0.15) is 0 Å². The molecule has 1 aromatic heterocycles. The van der Waals surface area contributed by atoms with Crippen molar-refractivity contribution < 1.29 is 4.79 Å². The average Bonchev–Trinajstić information content (AvgIpc) is 2.55. The summed E-state index contributed by atoms with van der Waals surface area (Å²) in [5.74, 6) is 0.416. The predicted octanol–water partition coefficient (Wildman–Crippen LogP) is 2.17. The minimum Gasteiger partial charge on any atom is -0.352 e. The molecule has 2 heterocycles. The number of likely N-dealkylation sites (tertiary alicyclic amines) is 1. The van der Waals surface area contributed by atoms with E-state index in [-0.39, 0.29) is 11.5 Å². The molecule has 0 aromatic carbocycles. The van der Waals surface area contributed by atoms with E-state index in [9.17, 15) is 9.59 Å². The molecule has 5 nitrogen and oxygen atoms in total. The standard InChI is InChI=1S/C18H27N3O2/c1-3-4-14(2)13-21-9-7-15(8-10-21)11-20-18(23)16-5-6-17(22)19-12-16/h4-6,12,15H,3,7-11,13H2,1-2H3,(H,19,22)(H,20,23)/b14-4+. The van der Waals surface area contributed by atoms with E-state index in [1.807, 2.05) is 0 Å². The molecule has 23 heavy (non-hydrogen) atoms. The van der Waals surface area contributed by atoms with Crippen LogP contribution in [0.25, 0.3) is 0 Å². The predicted molar refractivity (Wildman–Crippen MR) is 92.6 cm³/mol. The van der Waals surface area contributed by atoms with Gasteiger partial charge in [-0.2, -0.15) is 0 Å². The van der Waals surface area contributed by atoms with Crippen LogP contribution in [0.5, 0.6) is 0 Å². The first-order chi connectivity index (χ1) is 11.1.